The van der Waals surface area contributed by atoms with E-state index >= 15 is 0 Å². The molecule has 1 fully saturated rings. The van der Waals surface area contributed by atoms with Crippen molar-refractivity contribution in [2.75, 3.05) is 25.1 Å². The molecule has 1 N–H and O–H groups in total. The van der Waals surface area contributed by atoms with Crippen LogP contribution in [0.3, 0.4) is 0 Å². The molecule has 0 aliphatic carbocycles. The highest BCUT2D eigenvalue weighted by Crippen LogP contribution is 2.31. The largest absolute Gasteiger partial charge is 0.467 e. The van der Waals surface area contributed by atoms with Gasteiger partial charge < -0.3 is 14.7 Å². The zero-order chi connectivity index (χ0) is 11.1. The molecule has 1 aliphatic heterocycles. The van der Waals surface area contributed by atoms with Crippen molar-refractivity contribution in [2.24, 2.45) is 0 Å². The lowest BCUT2D eigenvalue weighted by atomic mass is 9.97. The van der Waals surface area contributed by atoms with Gasteiger partial charge in [-0.1, -0.05) is 11.6 Å². The first kappa shape index (κ1) is 10.4. The Morgan fingerprint density at radius 3 is 2.80 bits per heavy atom. The summed E-state index contributed by atoms with van der Waals surface area (Å²) < 4.78 is 4.91. The summed E-state index contributed by atoms with van der Waals surface area (Å²) in [6.07, 6.45) is 1.50. The summed E-state index contributed by atoms with van der Waals surface area (Å²) in [6.45, 7) is 2.82. The molecular formula is C9H12ClN3O2. The summed E-state index contributed by atoms with van der Waals surface area (Å²) in [5.74, 6) is 0.607. The second-order valence-electron chi connectivity index (χ2n) is 3.88. The first-order chi connectivity index (χ1) is 7.02. The summed E-state index contributed by atoms with van der Waals surface area (Å²) in [5, 5.41) is 10.1. The summed E-state index contributed by atoms with van der Waals surface area (Å²) >= 11 is 5.95. The number of nitrogens with zero attached hydrogens (tertiary/aromatic N) is 3. The maximum absolute atomic E-state index is 9.60. The van der Waals surface area contributed by atoms with Crippen LogP contribution >= 0.6 is 11.6 Å². The standard InChI is InChI=1S/C9H12ClN3O2/c1-9(14)4-13(5-9)7-6(10)3-11-8(12-7)15-2/h3,14H,4-5H2,1-2H3. The SMILES string of the molecule is COc1ncc(Cl)c(N2CC(C)(O)C2)n1. The lowest BCUT2D eigenvalue weighted by Crippen LogP contribution is -2.60. The molecule has 0 radical (unpaired) electrons. The fourth-order valence-corrected chi connectivity index (χ4v) is 1.80. The molecular weight excluding hydrogens is 218 g/mol. The molecule has 1 aliphatic rings. The van der Waals surface area contributed by atoms with Crippen LogP contribution in [-0.2, 0) is 0 Å². The highest BCUT2D eigenvalue weighted by atomic mass is 35.5. The van der Waals surface area contributed by atoms with E-state index in [1.807, 2.05) is 4.90 Å². The minimum atomic E-state index is -0.651. The number of rotatable bonds is 2. The predicted molar refractivity (Wildman–Crippen MR) is 56.4 cm³/mol. The van der Waals surface area contributed by atoms with Crippen LogP contribution in [-0.4, -0.2) is 40.9 Å². The Bertz CT molecular complexity index is 376. The third-order valence-corrected chi connectivity index (χ3v) is 2.52. The zero-order valence-electron chi connectivity index (χ0n) is 8.57. The number of halogens is 1. The first-order valence-corrected chi connectivity index (χ1v) is 4.93. The van der Waals surface area contributed by atoms with Crippen LogP contribution in [0.15, 0.2) is 6.20 Å². The second-order valence-corrected chi connectivity index (χ2v) is 4.29. The molecule has 5 nitrogen and oxygen atoms in total. The molecule has 0 saturated carbocycles. The van der Waals surface area contributed by atoms with Crippen molar-refractivity contribution in [3.8, 4) is 6.01 Å². The lowest BCUT2D eigenvalue weighted by molar-refractivity contribution is 0.0304. The van der Waals surface area contributed by atoms with Gasteiger partial charge in [-0.25, -0.2) is 4.98 Å². The Morgan fingerprint density at radius 2 is 2.27 bits per heavy atom. The summed E-state index contributed by atoms with van der Waals surface area (Å²) in [5.41, 5.74) is -0.651. The van der Waals surface area contributed by atoms with Gasteiger partial charge in [0, 0.05) is 13.1 Å². The number of aliphatic hydroxyl groups is 1. The van der Waals surface area contributed by atoms with E-state index in [0.717, 1.165) is 0 Å². The number of ether oxygens (including phenoxy) is 1. The fraction of sp³-hybridized carbons (Fsp3) is 0.556. The predicted octanol–water partition coefficient (Wildman–Crippen LogP) is 0.710. The molecule has 1 aromatic rings. The van der Waals surface area contributed by atoms with Crippen LogP contribution in [0.2, 0.25) is 5.02 Å². The molecule has 0 unspecified atom stereocenters. The van der Waals surface area contributed by atoms with E-state index in [9.17, 15) is 5.11 Å². The van der Waals surface area contributed by atoms with Crippen molar-refractivity contribution < 1.29 is 9.84 Å². The highest BCUT2D eigenvalue weighted by Gasteiger charge is 2.38. The smallest absolute Gasteiger partial charge is 0.318 e. The van der Waals surface area contributed by atoms with Gasteiger partial charge in [-0.2, -0.15) is 4.98 Å². The number of anilines is 1. The third-order valence-electron chi connectivity index (χ3n) is 2.25. The van der Waals surface area contributed by atoms with Crippen molar-refractivity contribution in [3.63, 3.8) is 0 Å². The summed E-state index contributed by atoms with van der Waals surface area (Å²) in [7, 11) is 1.50. The third kappa shape index (κ3) is 1.98. The Kier molecular flexibility index (Phi) is 2.44. The number of β-amino-alcohol motifs (C(OH)–C–C–N with tert-alkyl or cyclic N) is 1. The van der Waals surface area contributed by atoms with E-state index in [4.69, 9.17) is 16.3 Å². The molecule has 0 atom stereocenters. The van der Waals surface area contributed by atoms with Gasteiger partial charge in [-0.15, -0.1) is 0 Å². The van der Waals surface area contributed by atoms with E-state index in [0.29, 0.717) is 23.9 Å². The van der Waals surface area contributed by atoms with Gasteiger partial charge in [-0.05, 0) is 6.92 Å². The van der Waals surface area contributed by atoms with Gasteiger partial charge in [0.2, 0.25) is 0 Å². The van der Waals surface area contributed by atoms with E-state index in [1.54, 1.807) is 6.92 Å². The Labute approximate surface area is 92.7 Å². The minimum absolute atomic E-state index is 0.279. The number of aromatic nitrogens is 2. The molecule has 6 heteroatoms. The quantitative estimate of drug-likeness (QED) is 0.810. The average Bonchev–Trinajstić information content (AvgIpc) is 2.15. The highest BCUT2D eigenvalue weighted by molar-refractivity contribution is 6.32. The van der Waals surface area contributed by atoms with Gasteiger partial charge in [0.15, 0.2) is 5.82 Å². The Hall–Kier alpha value is -1.07. The first-order valence-electron chi connectivity index (χ1n) is 4.56. The van der Waals surface area contributed by atoms with Crippen LogP contribution in [0.5, 0.6) is 6.01 Å². The van der Waals surface area contributed by atoms with Gasteiger partial charge in [-0.3, -0.25) is 0 Å². The second kappa shape index (κ2) is 3.50. The molecule has 0 amide bonds. The molecule has 1 aromatic heterocycles. The molecule has 0 spiro atoms. The lowest BCUT2D eigenvalue weighted by Gasteiger charge is -2.45. The van der Waals surface area contributed by atoms with Gasteiger partial charge in [0.25, 0.3) is 0 Å². The number of methoxy groups -OCH3 is 1. The van der Waals surface area contributed by atoms with Gasteiger partial charge in [0.1, 0.15) is 5.02 Å². The molecule has 0 aromatic carbocycles. The summed E-state index contributed by atoms with van der Waals surface area (Å²) in [4.78, 5) is 9.89. The van der Waals surface area contributed by atoms with Crippen molar-refractivity contribution in [2.45, 2.75) is 12.5 Å². The van der Waals surface area contributed by atoms with Crippen molar-refractivity contribution in [1.82, 2.24) is 9.97 Å². The topological polar surface area (TPSA) is 58.5 Å². The van der Waals surface area contributed by atoms with E-state index in [2.05, 4.69) is 9.97 Å². The number of hydrogen-bond acceptors (Lipinski definition) is 5. The summed E-state index contributed by atoms with van der Waals surface area (Å²) in [6, 6.07) is 0.279. The van der Waals surface area contributed by atoms with Crippen LogP contribution in [0.1, 0.15) is 6.92 Å². The van der Waals surface area contributed by atoms with Crippen LogP contribution in [0.25, 0.3) is 0 Å². The van der Waals surface area contributed by atoms with Crippen LogP contribution < -0.4 is 9.64 Å². The fourth-order valence-electron chi connectivity index (χ4n) is 1.59. The van der Waals surface area contributed by atoms with Crippen LogP contribution in [0, 0.1) is 0 Å². The monoisotopic (exact) mass is 229 g/mol. The molecule has 2 heterocycles. The van der Waals surface area contributed by atoms with Crippen molar-refractivity contribution >= 4 is 17.4 Å². The molecule has 2 rings (SSSR count). The van der Waals surface area contributed by atoms with Gasteiger partial charge in [0.05, 0.1) is 18.9 Å². The average molecular weight is 230 g/mol. The van der Waals surface area contributed by atoms with E-state index in [1.165, 1.54) is 13.3 Å². The molecule has 1 saturated heterocycles. The van der Waals surface area contributed by atoms with Crippen LogP contribution in [0.4, 0.5) is 5.82 Å². The zero-order valence-corrected chi connectivity index (χ0v) is 9.32. The maximum Gasteiger partial charge on any atom is 0.318 e. The minimum Gasteiger partial charge on any atom is -0.467 e. The molecule has 82 valence electrons. The Morgan fingerprint density at radius 1 is 1.60 bits per heavy atom. The Balaban J connectivity index is 2.21. The normalized spacial score (nSPS) is 18.5. The molecule has 15 heavy (non-hydrogen) atoms. The van der Waals surface area contributed by atoms with Gasteiger partial charge >= 0.3 is 6.01 Å². The van der Waals surface area contributed by atoms with E-state index in [-0.39, 0.29) is 6.01 Å². The van der Waals surface area contributed by atoms with E-state index < -0.39 is 5.60 Å². The molecule has 0 bridgehead atoms. The van der Waals surface area contributed by atoms with Crippen molar-refractivity contribution in [3.05, 3.63) is 11.2 Å². The number of hydrogen-bond donors (Lipinski definition) is 1. The van der Waals surface area contributed by atoms with Crippen molar-refractivity contribution in [1.29, 1.82) is 0 Å². The maximum atomic E-state index is 9.60.